The Kier molecular flexibility index (Phi) is 3.45. The van der Waals surface area contributed by atoms with Crippen LogP contribution in [0.25, 0.3) is 11.1 Å². The van der Waals surface area contributed by atoms with Gasteiger partial charge in [-0.25, -0.2) is 0 Å². The average Bonchev–Trinajstić information content (AvgIpc) is 3.20. The summed E-state index contributed by atoms with van der Waals surface area (Å²) in [5.74, 6) is 0.326. The van der Waals surface area contributed by atoms with Gasteiger partial charge >= 0.3 is 0 Å². The first-order chi connectivity index (χ1) is 9.64. The molecule has 0 aliphatic heterocycles. The van der Waals surface area contributed by atoms with Crippen molar-refractivity contribution in [3.63, 3.8) is 0 Å². The lowest BCUT2D eigenvalue weighted by molar-refractivity contribution is 0.475. The molecule has 0 bridgehead atoms. The third-order valence-corrected chi connectivity index (χ3v) is 4.35. The van der Waals surface area contributed by atoms with E-state index in [0.717, 1.165) is 17.7 Å². The number of phenols is 1. The number of hydrogen-bond acceptors (Lipinski definition) is 2. The Morgan fingerprint density at radius 2 is 2.00 bits per heavy atom. The number of hydrogen-bond donors (Lipinski definition) is 2. The SMILES string of the molecule is CNCC1(c2ccc(-c3cccc(Cl)c3)c(O)c2)CC1. The number of nitrogens with one attached hydrogen (secondary N) is 1. The van der Waals surface area contributed by atoms with Gasteiger partial charge in [0.15, 0.2) is 0 Å². The van der Waals surface area contributed by atoms with Crippen molar-refractivity contribution in [1.82, 2.24) is 5.32 Å². The Bertz CT molecular complexity index is 635. The first-order valence-corrected chi connectivity index (χ1v) is 7.26. The number of phenolic OH excluding ortho intramolecular Hbond substituents is 1. The summed E-state index contributed by atoms with van der Waals surface area (Å²) >= 11 is 6.01. The number of benzene rings is 2. The molecule has 0 aromatic heterocycles. The summed E-state index contributed by atoms with van der Waals surface area (Å²) in [6.45, 7) is 0.961. The normalized spacial score (nSPS) is 16.1. The van der Waals surface area contributed by atoms with Crippen molar-refractivity contribution in [3.8, 4) is 16.9 Å². The zero-order chi connectivity index (χ0) is 14.2. The molecule has 20 heavy (non-hydrogen) atoms. The molecule has 1 saturated carbocycles. The van der Waals surface area contributed by atoms with Crippen molar-refractivity contribution < 1.29 is 5.11 Å². The lowest BCUT2D eigenvalue weighted by Gasteiger charge is -2.16. The molecule has 0 radical (unpaired) electrons. The summed E-state index contributed by atoms with van der Waals surface area (Å²) in [5, 5.41) is 14.3. The van der Waals surface area contributed by atoms with E-state index in [-0.39, 0.29) is 5.41 Å². The maximum atomic E-state index is 10.3. The Labute approximate surface area is 124 Å². The standard InChI is InChI=1S/C17H18ClNO/c1-19-11-17(7-8-17)13-5-6-15(16(20)10-13)12-3-2-4-14(18)9-12/h2-6,9-10,19-20H,7-8,11H2,1H3. The van der Waals surface area contributed by atoms with Gasteiger partial charge in [0, 0.05) is 22.5 Å². The van der Waals surface area contributed by atoms with E-state index in [2.05, 4.69) is 11.4 Å². The van der Waals surface area contributed by atoms with Gasteiger partial charge in [-0.3, -0.25) is 0 Å². The van der Waals surface area contributed by atoms with Gasteiger partial charge in [0.1, 0.15) is 5.75 Å². The summed E-state index contributed by atoms with van der Waals surface area (Å²) in [6.07, 6.45) is 2.37. The first kappa shape index (κ1) is 13.5. The quantitative estimate of drug-likeness (QED) is 0.892. The minimum absolute atomic E-state index is 0.221. The average molecular weight is 288 g/mol. The number of rotatable bonds is 4. The number of likely N-dealkylation sites (N-methyl/N-ethyl adjacent to an activating group) is 1. The van der Waals surface area contributed by atoms with Crippen molar-refractivity contribution >= 4 is 11.6 Å². The fraction of sp³-hybridized carbons (Fsp3) is 0.294. The zero-order valence-corrected chi connectivity index (χ0v) is 12.2. The van der Waals surface area contributed by atoms with Gasteiger partial charge in [-0.1, -0.05) is 35.9 Å². The molecule has 2 aromatic rings. The number of halogens is 1. The second kappa shape index (κ2) is 5.12. The Morgan fingerprint density at radius 1 is 1.20 bits per heavy atom. The van der Waals surface area contributed by atoms with Crippen molar-refractivity contribution in [3.05, 3.63) is 53.1 Å². The van der Waals surface area contributed by atoms with Gasteiger partial charge in [0.2, 0.25) is 0 Å². The van der Waals surface area contributed by atoms with E-state index in [0.29, 0.717) is 10.8 Å². The van der Waals surface area contributed by atoms with Crippen LogP contribution in [0.1, 0.15) is 18.4 Å². The van der Waals surface area contributed by atoms with E-state index in [1.54, 1.807) is 0 Å². The second-order valence-corrected chi connectivity index (χ2v) is 5.99. The highest BCUT2D eigenvalue weighted by atomic mass is 35.5. The fourth-order valence-corrected chi connectivity index (χ4v) is 3.01. The molecule has 0 heterocycles. The van der Waals surface area contributed by atoms with E-state index in [4.69, 9.17) is 11.6 Å². The molecule has 0 atom stereocenters. The third-order valence-electron chi connectivity index (χ3n) is 4.11. The van der Waals surface area contributed by atoms with Gasteiger partial charge in [0.05, 0.1) is 0 Å². The van der Waals surface area contributed by atoms with Crippen molar-refractivity contribution in [1.29, 1.82) is 0 Å². The summed E-state index contributed by atoms with van der Waals surface area (Å²) < 4.78 is 0. The summed E-state index contributed by atoms with van der Waals surface area (Å²) in [6, 6.07) is 13.6. The van der Waals surface area contributed by atoms with E-state index >= 15 is 0 Å². The predicted octanol–water partition coefficient (Wildman–Crippen LogP) is 3.96. The van der Waals surface area contributed by atoms with E-state index < -0.39 is 0 Å². The summed E-state index contributed by atoms with van der Waals surface area (Å²) in [7, 11) is 1.97. The minimum atomic E-state index is 0.221. The first-order valence-electron chi connectivity index (χ1n) is 6.89. The topological polar surface area (TPSA) is 32.3 Å². The molecule has 3 rings (SSSR count). The lowest BCUT2D eigenvalue weighted by atomic mass is 9.93. The maximum absolute atomic E-state index is 10.3. The van der Waals surface area contributed by atoms with Gasteiger partial charge in [0.25, 0.3) is 0 Å². The molecule has 1 fully saturated rings. The number of aromatic hydroxyl groups is 1. The molecule has 104 valence electrons. The van der Waals surface area contributed by atoms with Crippen LogP contribution >= 0.6 is 11.6 Å². The van der Waals surface area contributed by atoms with E-state index in [1.165, 1.54) is 18.4 Å². The van der Waals surface area contributed by atoms with Gasteiger partial charge in [-0.2, -0.15) is 0 Å². The van der Waals surface area contributed by atoms with Gasteiger partial charge in [-0.15, -0.1) is 0 Å². The molecule has 1 aliphatic carbocycles. The van der Waals surface area contributed by atoms with E-state index in [1.807, 2.05) is 43.4 Å². The van der Waals surface area contributed by atoms with Crippen LogP contribution in [-0.2, 0) is 5.41 Å². The summed E-state index contributed by atoms with van der Waals surface area (Å²) in [5.41, 5.74) is 3.21. The van der Waals surface area contributed by atoms with Crippen LogP contribution in [-0.4, -0.2) is 18.7 Å². The highest BCUT2D eigenvalue weighted by Gasteiger charge is 2.43. The van der Waals surface area contributed by atoms with Crippen LogP contribution in [0.3, 0.4) is 0 Å². The Balaban J connectivity index is 1.96. The Hall–Kier alpha value is -1.51. The molecule has 0 spiro atoms. The maximum Gasteiger partial charge on any atom is 0.123 e. The molecule has 0 amide bonds. The van der Waals surface area contributed by atoms with Crippen LogP contribution in [0.4, 0.5) is 0 Å². The summed E-state index contributed by atoms with van der Waals surface area (Å²) in [4.78, 5) is 0. The van der Waals surface area contributed by atoms with Gasteiger partial charge < -0.3 is 10.4 Å². The molecule has 2 N–H and O–H groups in total. The van der Waals surface area contributed by atoms with Crippen LogP contribution in [0, 0.1) is 0 Å². The van der Waals surface area contributed by atoms with Gasteiger partial charge in [-0.05, 0) is 49.2 Å². The Morgan fingerprint density at radius 3 is 2.60 bits per heavy atom. The smallest absolute Gasteiger partial charge is 0.123 e. The van der Waals surface area contributed by atoms with Crippen molar-refractivity contribution in [2.45, 2.75) is 18.3 Å². The molecule has 3 heteroatoms. The van der Waals surface area contributed by atoms with E-state index in [9.17, 15) is 5.11 Å². The molecule has 2 nitrogen and oxygen atoms in total. The minimum Gasteiger partial charge on any atom is -0.507 e. The highest BCUT2D eigenvalue weighted by molar-refractivity contribution is 6.30. The zero-order valence-electron chi connectivity index (χ0n) is 11.5. The fourth-order valence-electron chi connectivity index (χ4n) is 2.82. The molecular weight excluding hydrogens is 270 g/mol. The van der Waals surface area contributed by atoms with Crippen LogP contribution < -0.4 is 5.32 Å². The molecule has 0 saturated heterocycles. The van der Waals surface area contributed by atoms with Crippen LogP contribution in [0.5, 0.6) is 5.75 Å². The van der Waals surface area contributed by atoms with Crippen molar-refractivity contribution in [2.24, 2.45) is 0 Å². The monoisotopic (exact) mass is 287 g/mol. The predicted molar refractivity (Wildman–Crippen MR) is 83.4 cm³/mol. The molecule has 2 aromatic carbocycles. The highest BCUT2D eigenvalue weighted by Crippen LogP contribution is 2.49. The lowest BCUT2D eigenvalue weighted by Crippen LogP contribution is -2.23. The second-order valence-electron chi connectivity index (χ2n) is 5.55. The third kappa shape index (κ3) is 2.41. The molecular formula is C17H18ClNO. The van der Waals surface area contributed by atoms with Crippen molar-refractivity contribution in [2.75, 3.05) is 13.6 Å². The van der Waals surface area contributed by atoms with Crippen LogP contribution in [0.15, 0.2) is 42.5 Å². The molecule has 1 aliphatic rings. The van der Waals surface area contributed by atoms with Crippen LogP contribution in [0.2, 0.25) is 5.02 Å². The molecule has 0 unspecified atom stereocenters. The largest absolute Gasteiger partial charge is 0.507 e.